The molecule has 1 aliphatic carbocycles. The van der Waals surface area contributed by atoms with E-state index in [1.165, 1.54) is 4.90 Å². The zero-order valence-corrected chi connectivity index (χ0v) is 11.8. The summed E-state index contributed by atoms with van der Waals surface area (Å²) in [6.45, 7) is 8.38. The summed E-state index contributed by atoms with van der Waals surface area (Å²) in [5.74, 6) is -1.07. The summed E-state index contributed by atoms with van der Waals surface area (Å²) >= 11 is 0. The van der Waals surface area contributed by atoms with Crippen molar-refractivity contribution in [3.63, 3.8) is 0 Å². The van der Waals surface area contributed by atoms with Crippen molar-refractivity contribution < 1.29 is 19.8 Å². The lowest BCUT2D eigenvalue weighted by Crippen LogP contribution is -2.47. The van der Waals surface area contributed by atoms with E-state index in [0.717, 1.165) is 0 Å². The molecule has 2 fully saturated rings. The van der Waals surface area contributed by atoms with E-state index in [1.807, 2.05) is 0 Å². The van der Waals surface area contributed by atoms with E-state index >= 15 is 0 Å². The second-order valence-corrected chi connectivity index (χ2v) is 6.72. The number of aliphatic carboxylic acids is 1. The van der Waals surface area contributed by atoms with Crippen LogP contribution in [-0.2, 0) is 4.79 Å². The van der Waals surface area contributed by atoms with Crippen LogP contribution in [0.15, 0.2) is 0 Å². The number of carboxylic acids is 1. The maximum Gasteiger partial charge on any atom is 0.326 e. The number of β-amino-alcohol motifs (C(OH)–C–C–N with tert-alkyl or cyclic N) is 1. The van der Waals surface area contributed by atoms with E-state index in [9.17, 15) is 14.7 Å². The van der Waals surface area contributed by atoms with Crippen molar-refractivity contribution in [2.75, 3.05) is 6.54 Å². The number of likely N-dealkylation sites (tertiary alicyclic amines) is 1. The van der Waals surface area contributed by atoms with E-state index in [-0.39, 0.29) is 29.8 Å². The Labute approximate surface area is 112 Å². The van der Waals surface area contributed by atoms with Crippen LogP contribution in [-0.4, -0.2) is 51.8 Å². The molecule has 2 rings (SSSR count). The maximum absolute atomic E-state index is 12.2. The topological polar surface area (TPSA) is 89.9 Å². The first-order valence-corrected chi connectivity index (χ1v) is 6.57. The molecule has 0 aromatic carbocycles. The predicted molar refractivity (Wildman–Crippen MR) is 68.6 cm³/mol. The van der Waals surface area contributed by atoms with Gasteiger partial charge in [0.2, 0.25) is 0 Å². The number of carbonyl (C=O) groups excluding carboxylic acids is 1. The first kappa shape index (κ1) is 14.1. The average Bonchev–Trinajstić information content (AvgIpc) is 2.65. The van der Waals surface area contributed by atoms with E-state index in [1.54, 1.807) is 0 Å². The minimum atomic E-state index is -1.07. The summed E-state index contributed by atoms with van der Waals surface area (Å²) in [6, 6.07) is -1.30. The van der Waals surface area contributed by atoms with Crippen LogP contribution in [0.5, 0.6) is 0 Å². The summed E-state index contributed by atoms with van der Waals surface area (Å²) < 4.78 is 0. The van der Waals surface area contributed by atoms with Crippen LogP contribution in [0.3, 0.4) is 0 Å². The Balaban J connectivity index is 2.03. The highest BCUT2D eigenvalue weighted by Gasteiger charge is 2.65. The molecular weight excluding hydrogens is 248 g/mol. The highest BCUT2D eigenvalue weighted by molar-refractivity contribution is 5.84. The van der Waals surface area contributed by atoms with Crippen LogP contribution in [0.25, 0.3) is 0 Å². The molecule has 108 valence electrons. The number of hydrogen-bond donors (Lipinski definition) is 3. The molecule has 0 spiro atoms. The van der Waals surface area contributed by atoms with Crippen molar-refractivity contribution in [3.05, 3.63) is 0 Å². The molecular formula is C13H22N2O4. The molecule has 2 amide bonds. The van der Waals surface area contributed by atoms with Crippen molar-refractivity contribution in [1.29, 1.82) is 0 Å². The van der Waals surface area contributed by atoms with Gasteiger partial charge in [0, 0.05) is 19.0 Å². The van der Waals surface area contributed by atoms with Crippen LogP contribution < -0.4 is 5.32 Å². The number of nitrogens with zero attached hydrogens (tertiary/aromatic N) is 1. The van der Waals surface area contributed by atoms with Crippen molar-refractivity contribution in [2.45, 2.75) is 52.3 Å². The third-order valence-electron chi connectivity index (χ3n) is 5.11. The van der Waals surface area contributed by atoms with Gasteiger partial charge < -0.3 is 20.4 Å². The Morgan fingerprint density at radius 1 is 1.21 bits per heavy atom. The van der Waals surface area contributed by atoms with Crippen molar-refractivity contribution in [1.82, 2.24) is 10.2 Å². The molecule has 0 aromatic heterocycles. The lowest BCUT2D eigenvalue weighted by molar-refractivity contribution is -0.141. The number of urea groups is 1. The summed E-state index contributed by atoms with van der Waals surface area (Å²) in [4.78, 5) is 24.5. The van der Waals surface area contributed by atoms with E-state index in [4.69, 9.17) is 5.11 Å². The molecule has 0 radical (unpaired) electrons. The van der Waals surface area contributed by atoms with Crippen molar-refractivity contribution in [3.8, 4) is 0 Å². The Hall–Kier alpha value is -1.30. The van der Waals surface area contributed by atoms with Crippen molar-refractivity contribution >= 4 is 12.0 Å². The number of aliphatic hydroxyl groups is 1. The highest BCUT2D eigenvalue weighted by atomic mass is 16.4. The first-order chi connectivity index (χ1) is 8.59. The van der Waals surface area contributed by atoms with Crippen LogP contribution in [0.2, 0.25) is 0 Å². The number of amides is 2. The molecule has 19 heavy (non-hydrogen) atoms. The summed E-state index contributed by atoms with van der Waals surface area (Å²) in [5.41, 5.74) is -0.000554. The third-order valence-corrected chi connectivity index (χ3v) is 5.11. The van der Waals surface area contributed by atoms with Crippen molar-refractivity contribution in [2.24, 2.45) is 10.8 Å². The Morgan fingerprint density at radius 3 is 2.16 bits per heavy atom. The fourth-order valence-electron chi connectivity index (χ4n) is 3.04. The zero-order chi connectivity index (χ0) is 14.6. The van der Waals surface area contributed by atoms with Crippen LogP contribution in [0, 0.1) is 10.8 Å². The highest BCUT2D eigenvalue weighted by Crippen LogP contribution is 2.62. The molecule has 1 heterocycles. The lowest BCUT2D eigenvalue weighted by Gasteiger charge is -2.22. The molecule has 6 heteroatoms. The minimum Gasteiger partial charge on any atom is -0.480 e. The number of aliphatic hydroxyl groups excluding tert-OH is 1. The SMILES string of the molecule is CC1(C)C(NC(=O)N2C[C@H](O)C[C@H]2C(=O)O)C1(C)C. The normalized spacial score (nSPS) is 32.2. The monoisotopic (exact) mass is 270 g/mol. The Kier molecular flexibility index (Phi) is 3.04. The first-order valence-electron chi connectivity index (χ1n) is 6.57. The largest absolute Gasteiger partial charge is 0.480 e. The van der Waals surface area contributed by atoms with Gasteiger partial charge >= 0.3 is 12.0 Å². The molecule has 1 aliphatic heterocycles. The second-order valence-electron chi connectivity index (χ2n) is 6.72. The van der Waals surface area contributed by atoms with Gasteiger partial charge in [0.05, 0.1) is 6.10 Å². The number of carbonyl (C=O) groups is 2. The smallest absolute Gasteiger partial charge is 0.326 e. The minimum absolute atomic E-state index is 0.000277. The fraction of sp³-hybridized carbons (Fsp3) is 0.846. The fourth-order valence-corrected chi connectivity index (χ4v) is 3.04. The van der Waals surface area contributed by atoms with Gasteiger partial charge in [-0.05, 0) is 10.8 Å². The summed E-state index contributed by atoms with van der Waals surface area (Å²) in [7, 11) is 0. The summed E-state index contributed by atoms with van der Waals surface area (Å²) in [6.07, 6.45) is -0.660. The molecule has 0 aromatic rings. The van der Waals surface area contributed by atoms with Crippen LogP contribution >= 0.6 is 0 Å². The molecule has 0 unspecified atom stereocenters. The quantitative estimate of drug-likeness (QED) is 0.687. The average molecular weight is 270 g/mol. The van der Waals surface area contributed by atoms with Gasteiger partial charge in [0.15, 0.2) is 0 Å². The number of rotatable bonds is 2. The third kappa shape index (κ3) is 2.08. The molecule has 2 aliphatic rings. The van der Waals surface area contributed by atoms with Gasteiger partial charge in [-0.15, -0.1) is 0 Å². The summed E-state index contributed by atoms with van der Waals surface area (Å²) in [5, 5.41) is 21.5. The van der Waals surface area contributed by atoms with E-state index in [2.05, 4.69) is 33.0 Å². The molecule has 3 N–H and O–H groups in total. The van der Waals surface area contributed by atoms with Gasteiger partial charge in [-0.25, -0.2) is 9.59 Å². The van der Waals surface area contributed by atoms with Gasteiger partial charge in [-0.3, -0.25) is 0 Å². The standard InChI is InChI=1S/C13H22N2O4/c1-12(2)10(13(12,3)4)14-11(19)15-6-7(16)5-8(15)9(17)18/h7-8,10,16H,5-6H2,1-4H3,(H,14,19)(H,17,18)/t7-,8+/m1/s1. The second kappa shape index (κ2) is 4.10. The van der Waals surface area contributed by atoms with Gasteiger partial charge in [-0.1, -0.05) is 27.7 Å². The van der Waals surface area contributed by atoms with Crippen LogP contribution in [0.4, 0.5) is 4.79 Å². The van der Waals surface area contributed by atoms with E-state index in [0.29, 0.717) is 0 Å². The number of hydrogen-bond acceptors (Lipinski definition) is 3. The molecule has 1 saturated heterocycles. The van der Waals surface area contributed by atoms with Gasteiger partial charge in [-0.2, -0.15) is 0 Å². The van der Waals surface area contributed by atoms with Gasteiger partial charge in [0.1, 0.15) is 6.04 Å². The predicted octanol–water partition coefficient (Wildman–Crippen LogP) is 0.650. The molecule has 0 bridgehead atoms. The maximum atomic E-state index is 12.2. The number of carboxylic acid groups (broad SMARTS) is 1. The molecule has 6 nitrogen and oxygen atoms in total. The lowest BCUT2D eigenvalue weighted by atomic mass is 10.0. The van der Waals surface area contributed by atoms with Crippen LogP contribution in [0.1, 0.15) is 34.1 Å². The van der Waals surface area contributed by atoms with Gasteiger partial charge in [0.25, 0.3) is 0 Å². The molecule has 1 saturated carbocycles. The molecule has 2 atom stereocenters. The van der Waals surface area contributed by atoms with E-state index < -0.39 is 24.1 Å². The Bertz CT molecular complexity index is 405. The zero-order valence-electron chi connectivity index (χ0n) is 11.8. The number of nitrogens with one attached hydrogen (secondary N) is 1. The Morgan fingerprint density at radius 2 is 1.74 bits per heavy atom.